The maximum Gasteiger partial charge on any atom is 0.142 e. The molecule has 0 aliphatic carbocycles. The minimum atomic E-state index is -0.303. The molecule has 0 saturated carbocycles. The van der Waals surface area contributed by atoms with E-state index in [1.807, 2.05) is 5.38 Å². The number of hydrogen-bond donors (Lipinski definition) is 1. The van der Waals surface area contributed by atoms with Gasteiger partial charge < -0.3 is 14.8 Å². The SMILES string of the molecule is COc1ccc(OC)c(N/C=C(/C#N)c2nc(-c3ccc(F)cc3)cs2)c1. The lowest BCUT2D eigenvalue weighted by molar-refractivity contribution is 0.405. The highest BCUT2D eigenvalue weighted by Gasteiger charge is 2.10. The third-order valence-electron chi connectivity index (χ3n) is 3.77. The van der Waals surface area contributed by atoms with E-state index in [1.54, 1.807) is 50.8 Å². The van der Waals surface area contributed by atoms with Crippen LogP contribution < -0.4 is 14.8 Å². The first kappa shape index (κ1) is 18.4. The Kier molecular flexibility index (Phi) is 5.69. The molecule has 0 saturated heterocycles. The van der Waals surface area contributed by atoms with Crippen molar-refractivity contribution in [1.82, 2.24) is 4.98 Å². The first-order chi connectivity index (χ1) is 13.1. The van der Waals surface area contributed by atoms with Crippen LogP contribution >= 0.6 is 11.3 Å². The third kappa shape index (κ3) is 4.25. The summed E-state index contributed by atoms with van der Waals surface area (Å²) in [7, 11) is 3.15. The molecule has 1 N–H and O–H groups in total. The molecular formula is C20H16FN3O2S. The molecule has 1 aromatic heterocycles. The Hall–Kier alpha value is -3.37. The Balaban J connectivity index is 1.86. The first-order valence-electron chi connectivity index (χ1n) is 7.95. The highest BCUT2D eigenvalue weighted by molar-refractivity contribution is 7.11. The molecular weight excluding hydrogens is 365 g/mol. The second-order valence-electron chi connectivity index (χ2n) is 5.43. The monoisotopic (exact) mass is 381 g/mol. The van der Waals surface area contributed by atoms with Gasteiger partial charge in [-0.25, -0.2) is 9.37 Å². The quantitative estimate of drug-likeness (QED) is 0.613. The summed E-state index contributed by atoms with van der Waals surface area (Å²) < 4.78 is 23.6. The zero-order valence-electron chi connectivity index (χ0n) is 14.7. The van der Waals surface area contributed by atoms with E-state index < -0.39 is 0 Å². The molecule has 0 atom stereocenters. The molecule has 3 aromatic rings. The summed E-state index contributed by atoms with van der Waals surface area (Å²) in [6.07, 6.45) is 1.57. The average molecular weight is 381 g/mol. The van der Waals surface area contributed by atoms with Crippen LogP contribution in [0.3, 0.4) is 0 Å². The van der Waals surface area contributed by atoms with Crippen molar-refractivity contribution in [2.45, 2.75) is 0 Å². The van der Waals surface area contributed by atoms with Crippen molar-refractivity contribution >= 4 is 22.6 Å². The molecule has 3 rings (SSSR count). The summed E-state index contributed by atoms with van der Waals surface area (Å²) in [6.45, 7) is 0. The highest BCUT2D eigenvalue weighted by Crippen LogP contribution is 2.30. The van der Waals surface area contributed by atoms with Crippen molar-refractivity contribution < 1.29 is 13.9 Å². The van der Waals surface area contributed by atoms with Crippen LogP contribution in [0.15, 0.2) is 54.0 Å². The van der Waals surface area contributed by atoms with Crippen molar-refractivity contribution in [2.24, 2.45) is 0 Å². The molecule has 0 aliphatic rings. The molecule has 7 heteroatoms. The summed E-state index contributed by atoms with van der Waals surface area (Å²) in [5.41, 5.74) is 2.52. The predicted molar refractivity (Wildman–Crippen MR) is 104 cm³/mol. The fourth-order valence-corrected chi connectivity index (χ4v) is 3.16. The van der Waals surface area contributed by atoms with Crippen LogP contribution in [0.1, 0.15) is 5.01 Å². The van der Waals surface area contributed by atoms with E-state index in [-0.39, 0.29) is 5.82 Å². The molecule has 5 nitrogen and oxygen atoms in total. The van der Waals surface area contributed by atoms with Crippen LogP contribution in [0, 0.1) is 17.1 Å². The van der Waals surface area contributed by atoms with Crippen LogP contribution in [-0.2, 0) is 0 Å². The molecule has 0 amide bonds. The second kappa shape index (κ2) is 8.34. The molecule has 0 bridgehead atoms. The summed E-state index contributed by atoms with van der Waals surface area (Å²) >= 11 is 1.34. The number of rotatable bonds is 6. The van der Waals surface area contributed by atoms with E-state index in [4.69, 9.17) is 9.47 Å². The van der Waals surface area contributed by atoms with E-state index in [2.05, 4.69) is 16.4 Å². The maximum atomic E-state index is 13.1. The number of benzene rings is 2. The summed E-state index contributed by atoms with van der Waals surface area (Å²) in [6, 6.07) is 13.6. The number of ether oxygens (including phenoxy) is 2. The fraction of sp³-hybridized carbons (Fsp3) is 0.100. The van der Waals surface area contributed by atoms with Crippen molar-refractivity contribution in [3.05, 3.63) is 64.9 Å². The highest BCUT2D eigenvalue weighted by atomic mass is 32.1. The van der Waals surface area contributed by atoms with Gasteiger partial charge >= 0.3 is 0 Å². The number of methoxy groups -OCH3 is 2. The molecule has 0 spiro atoms. The number of halogens is 1. The standard InChI is InChI=1S/C20H16FN3O2S/c1-25-16-7-8-19(26-2)17(9-16)23-11-14(10-22)20-24-18(12-27-20)13-3-5-15(21)6-4-13/h3-9,11-12,23H,1-2H3/b14-11-. The number of nitrogens with zero attached hydrogens (tertiary/aromatic N) is 2. The van der Waals surface area contributed by atoms with Gasteiger partial charge in [-0.05, 0) is 36.4 Å². The van der Waals surface area contributed by atoms with Gasteiger partial charge in [0.25, 0.3) is 0 Å². The van der Waals surface area contributed by atoms with Crippen LogP contribution in [0.25, 0.3) is 16.8 Å². The van der Waals surface area contributed by atoms with Crippen LogP contribution in [0.5, 0.6) is 11.5 Å². The summed E-state index contributed by atoms with van der Waals surface area (Å²) in [5, 5.41) is 15.0. The predicted octanol–water partition coefficient (Wildman–Crippen LogP) is 4.94. The number of nitriles is 1. The topological polar surface area (TPSA) is 67.2 Å². The minimum absolute atomic E-state index is 0.303. The molecule has 0 radical (unpaired) electrons. The Bertz CT molecular complexity index is 1010. The number of allylic oxidation sites excluding steroid dienone is 1. The normalized spacial score (nSPS) is 11.0. The summed E-state index contributed by atoms with van der Waals surface area (Å²) in [4.78, 5) is 4.48. The third-order valence-corrected chi connectivity index (χ3v) is 4.65. The van der Waals surface area contributed by atoms with E-state index in [0.717, 1.165) is 5.56 Å². The number of anilines is 1. The van der Waals surface area contributed by atoms with Crippen molar-refractivity contribution in [3.63, 3.8) is 0 Å². The van der Waals surface area contributed by atoms with E-state index in [0.29, 0.717) is 33.5 Å². The van der Waals surface area contributed by atoms with Gasteiger partial charge in [0, 0.05) is 23.2 Å². The number of nitrogens with one attached hydrogen (secondary N) is 1. The number of thiazole rings is 1. The largest absolute Gasteiger partial charge is 0.497 e. The number of aromatic nitrogens is 1. The Morgan fingerprint density at radius 2 is 1.96 bits per heavy atom. The molecule has 0 unspecified atom stereocenters. The molecule has 2 aromatic carbocycles. The summed E-state index contributed by atoms with van der Waals surface area (Å²) in [5.74, 6) is 0.983. The van der Waals surface area contributed by atoms with Gasteiger partial charge in [0.05, 0.1) is 25.6 Å². The average Bonchev–Trinajstić information content (AvgIpc) is 3.18. The molecule has 27 heavy (non-hydrogen) atoms. The lowest BCUT2D eigenvalue weighted by Gasteiger charge is -2.10. The Morgan fingerprint density at radius 1 is 1.19 bits per heavy atom. The van der Waals surface area contributed by atoms with Gasteiger partial charge in [-0.2, -0.15) is 5.26 Å². The van der Waals surface area contributed by atoms with Gasteiger partial charge in [0.15, 0.2) is 0 Å². The zero-order valence-corrected chi connectivity index (χ0v) is 15.5. The smallest absolute Gasteiger partial charge is 0.142 e. The van der Waals surface area contributed by atoms with Crippen LogP contribution in [-0.4, -0.2) is 19.2 Å². The second-order valence-corrected chi connectivity index (χ2v) is 6.28. The Labute approximate surface area is 160 Å². The van der Waals surface area contributed by atoms with Gasteiger partial charge in [0.2, 0.25) is 0 Å². The van der Waals surface area contributed by atoms with Crippen LogP contribution in [0.2, 0.25) is 0 Å². The molecule has 1 heterocycles. The van der Waals surface area contributed by atoms with Crippen LogP contribution in [0.4, 0.5) is 10.1 Å². The molecule has 0 aliphatic heterocycles. The number of hydrogen-bond acceptors (Lipinski definition) is 6. The zero-order chi connectivity index (χ0) is 19.2. The van der Waals surface area contributed by atoms with Gasteiger partial charge in [-0.1, -0.05) is 0 Å². The fourth-order valence-electron chi connectivity index (χ4n) is 2.37. The van der Waals surface area contributed by atoms with E-state index >= 15 is 0 Å². The van der Waals surface area contributed by atoms with E-state index in [1.165, 1.54) is 23.5 Å². The first-order valence-corrected chi connectivity index (χ1v) is 8.83. The van der Waals surface area contributed by atoms with Crippen molar-refractivity contribution in [3.8, 4) is 28.8 Å². The molecule has 136 valence electrons. The molecule has 0 fully saturated rings. The lowest BCUT2D eigenvalue weighted by Crippen LogP contribution is -1.96. The maximum absolute atomic E-state index is 13.1. The minimum Gasteiger partial charge on any atom is -0.497 e. The van der Waals surface area contributed by atoms with Gasteiger partial charge in [-0.15, -0.1) is 11.3 Å². The van der Waals surface area contributed by atoms with E-state index in [9.17, 15) is 9.65 Å². The van der Waals surface area contributed by atoms with Gasteiger partial charge in [-0.3, -0.25) is 0 Å². The Morgan fingerprint density at radius 3 is 2.63 bits per heavy atom. The van der Waals surface area contributed by atoms with Crippen molar-refractivity contribution in [2.75, 3.05) is 19.5 Å². The van der Waals surface area contributed by atoms with Crippen molar-refractivity contribution in [1.29, 1.82) is 5.26 Å². The van der Waals surface area contributed by atoms with Gasteiger partial charge in [0.1, 0.15) is 34.0 Å². The lowest BCUT2D eigenvalue weighted by atomic mass is 10.2.